The lowest BCUT2D eigenvalue weighted by Gasteiger charge is -2.32. The Kier molecular flexibility index (Phi) is 4.00. The van der Waals surface area contributed by atoms with Crippen LogP contribution in [0.15, 0.2) is 24.3 Å². The van der Waals surface area contributed by atoms with E-state index < -0.39 is 35.3 Å². The first-order chi connectivity index (χ1) is 9.81. The van der Waals surface area contributed by atoms with Crippen LogP contribution in [0.25, 0.3) is 0 Å². The summed E-state index contributed by atoms with van der Waals surface area (Å²) in [6.45, 7) is 1.65. The summed E-state index contributed by atoms with van der Waals surface area (Å²) in [5.41, 5.74) is -0.507. The van der Waals surface area contributed by atoms with Gasteiger partial charge >= 0.3 is 11.9 Å². The molecule has 1 aromatic carbocycles. The molecule has 1 N–H and O–H groups in total. The van der Waals surface area contributed by atoms with Crippen molar-refractivity contribution in [2.45, 2.75) is 24.9 Å². The van der Waals surface area contributed by atoms with Gasteiger partial charge in [0.15, 0.2) is 0 Å². The number of likely N-dealkylation sites (tertiary alicyclic amines) is 1. The Balaban J connectivity index is 2.47. The normalized spacial score (nSPS) is 29.3. The molecule has 0 radical (unpaired) electrons. The van der Waals surface area contributed by atoms with Gasteiger partial charge in [-0.05, 0) is 38.1 Å². The number of carboxylic acid groups (broad SMARTS) is 1. The van der Waals surface area contributed by atoms with E-state index in [-0.39, 0.29) is 6.42 Å². The molecule has 21 heavy (non-hydrogen) atoms. The van der Waals surface area contributed by atoms with E-state index in [2.05, 4.69) is 0 Å². The van der Waals surface area contributed by atoms with Crippen LogP contribution < -0.4 is 0 Å². The van der Waals surface area contributed by atoms with Gasteiger partial charge in [0.2, 0.25) is 0 Å². The highest BCUT2D eigenvalue weighted by Crippen LogP contribution is 2.46. The molecule has 1 aliphatic heterocycles. The number of aliphatic carboxylic acids is 1. The summed E-state index contributed by atoms with van der Waals surface area (Å²) < 4.78 is 18.2. The van der Waals surface area contributed by atoms with Gasteiger partial charge in [0.25, 0.3) is 0 Å². The predicted molar refractivity (Wildman–Crippen MR) is 73.1 cm³/mol. The highest BCUT2D eigenvalue weighted by atomic mass is 19.1. The monoisotopic (exact) mass is 295 g/mol. The van der Waals surface area contributed by atoms with E-state index in [0.29, 0.717) is 5.56 Å². The van der Waals surface area contributed by atoms with Crippen LogP contribution in [0.4, 0.5) is 4.39 Å². The summed E-state index contributed by atoms with van der Waals surface area (Å²) in [6.07, 6.45) is 0.118. The van der Waals surface area contributed by atoms with Crippen molar-refractivity contribution in [2.24, 2.45) is 5.92 Å². The zero-order chi connectivity index (χ0) is 15.8. The van der Waals surface area contributed by atoms with E-state index in [4.69, 9.17) is 4.74 Å². The van der Waals surface area contributed by atoms with Crippen molar-refractivity contribution in [2.75, 3.05) is 14.2 Å². The molecule has 1 aliphatic rings. The van der Waals surface area contributed by atoms with Crippen LogP contribution in [-0.4, -0.2) is 41.6 Å². The van der Waals surface area contributed by atoms with Crippen LogP contribution in [0.1, 0.15) is 24.9 Å². The van der Waals surface area contributed by atoms with Crippen molar-refractivity contribution >= 4 is 11.9 Å². The quantitative estimate of drug-likeness (QED) is 0.862. The maximum atomic E-state index is 13.4. The van der Waals surface area contributed by atoms with Crippen molar-refractivity contribution in [1.29, 1.82) is 0 Å². The van der Waals surface area contributed by atoms with Gasteiger partial charge < -0.3 is 9.84 Å². The average molecular weight is 295 g/mol. The molecule has 0 unspecified atom stereocenters. The van der Waals surface area contributed by atoms with Gasteiger partial charge in [-0.1, -0.05) is 12.1 Å². The lowest BCUT2D eigenvalue weighted by atomic mass is 9.90. The summed E-state index contributed by atoms with van der Waals surface area (Å²) in [6, 6.07) is 5.23. The first-order valence-corrected chi connectivity index (χ1v) is 6.61. The molecule has 1 fully saturated rings. The smallest absolute Gasteiger partial charge is 0.326 e. The summed E-state index contributed by atoms with van der Waals surface area (Å²) in [5.74, 6) is -2.74. The fourth-order valence-electron chi connectivity index (χ4n) is 3.08. The number of hydrogen-bond donors (Lipinski definition) is 1. The second-order valence-corrected chi connectivity index (χ2v) is 5.53. The standard InChI is InChI=1S/C15H18FNO4/c1-15(14(20)21-3)8-11(13(18)19)12(17(15)2)9-5-4-6-10(16)7-9/h4-7,11-12H,8H2,1-3H3,(H,18,19)/t11-,12-,15-/m0/s1. The fourth-order valence-corrected chi connectivity index (χ4v) is 3.08. The number of likely N-dealkylation sites (N-methyl/N-ethyl adjacent to an activating group) is 1. The average Bonchev–Trinajstić information content (AvgIpc) is 2.72. The summed E-state index contributed by atoms with van der Waals surface area (Å²) in [5, 5.41) is 9.45. The summed E-state index contributed by atoms with van der Waals surface area (Å²) in [4.78, 5) is 25.2. The molecule has 0 saturated carbocycles. The maximum Gasteiger partial charge on any atom is 0.326 e. The number of carboxylic acids is 1. The minimum absolute atomic E-state index is 0.118. The van der Waals surface area contributed by atoms with Crippen LogP contribution >= 0.6 is 0 Å². The molecule has 0 aliphatic carbocycles. The third-order valence-corrected chi connectivity index (χ3v) is 4.33. The number of nitrogens with zero attached hydrogens (tertiary/aromatic N) is 1. The van der Waals surface area contributed by atoms with E-state index >= 15 is 0 Å². The van der Waals surface area contributed by atoms with Crippen molar-refractivity contribution in [1.82, 2.24) is 4.90 Å². The Morgan fingerprint density at radius 1 is 1.48 bits per heavy atom. The molecular formula is C15H18FNO4. The minimum Gasteiger partial charge on any atom is -0.481 e. The van der Waals surface area contributed by atoms with Gasteiger partial charge in [-0.25, -0.2) is 4.39 Å². The zero-order valence-electron chi connectivity index (χ0n) is 12.2. The lowest BCUT2D eigenvalue weighted by molar-refractivity contribution is -0.152. The molecule has 1 aromatic rings. The van der Waals surface area contributed by atoms with Crippen LogP contribution in [-0.2, 0) is 14.3 Å². The number of carbonyl (C=O) groups excluding carboxylic acids is 1. The number of ether oxygens (including phenoxy) is 1. The van der Waals surface area contributed by atoms with Crippen LogP contribution in [0.2, 0.25) is 0 Å². The second kappa shape index (κ2) is 5.44. The van der Waals surface area contributed by atoms with E-state index in [1.165, 1.54) is 25.3 Å². The molecule has 0 aromatic heterocycles. The van der Waals surface area contributed by atoms with E-state index in [1.807, 2.05) is 0 Å². The van der Waals surface area contributed by atoms with Gasteiger partial charge in [0.1, 0.15) is 11.4 Å². The molecule has 114 valence electrons. The van der Waals surface area contributed by atoms with Gasteiger partial charge in [0.05, 0.1) is 13.0 Å². The fraction of sp³-hybridized carbons (Fsp3) is 0.467. The molecule has 0 amide bonds. The number of esters is 1. The molecule has 5 nitrogen and oxygen atoms in total. The van der Waals surface area contributed by atoms with Crippen molar-refractivity contribution < 1.29 is 23.8 Å². The van der Waals surface area contributed by atoms with Crippen molar-refractivity contribution in [3.63, 3.8) is 0 Å². The number of rotatable bonds is 3. The Bertz CT molecular complexity index is 577. The maximum absolute atomic E-state index is 13.4. The number of benzene rings is 1. The number of methoxy groups -OCH3 is 1. The third-order valence-electron chi connectivity index (χ3n) is 4.33. The third kappa shape index (κ3) is 2.51. The molecule has 0 spiro atoms. The molecule has 2 rings (SSSR count). The van der Waals surface area contributed by atoms with Gasteiger partial charge in [-0.15, -0.1) is 0 Å². The number of halogens is 1. The first kappa shape index (κ1) is 15.4. The number of carbonyl (C=O) groups is 2. The van der Waals surface area contributed by atoms with Crippen molar-refractivity contribution in [3.8, 4) is 0 Å². The minimum atomic E-state index is -1.05. The molecule has 1 heterocycles. The number of hydrogen-bond acceptors (Lipinski definition) is 4. The molecule has 1 saturated heterocycles. The first-order valence-electron chi connectivity index (χ1n) is 6.61. The second-order valence-electron chi connectivity index (χ2n) is 5.53. The van der Waals surface area contributed by atoms with Crippen LogP contribution in [0.5, 0.6) is 0 Å². The van der Waals surface area contributed by atoms with E-state index in [9.17, 15) is 19.1 Å². The molecular weight excluding hydrogens is 277 g/mol. The van der Waals surface area contributed by atoms with Gasteiger partial charge in [-0.3, -0.25) is 14.5 Å². The summed E-state index contributed by atoms with van der Waals surface area (Å²) in [7, 11) is 2.93. The topological polar surface area (TPSA) is 66.8 Å². The highest BCUT2D eigenvalue weighted by molar-refractivity contribution is 5.83. The summed E-state index contributed by atoms with van der Waals surface area (Å²) >= 11 is 0. The lowest BCUT2D eigenvalue weighted by Crippen LogP contribution is -2.47. The largest absolute Gasteiger partial charge is 0.481 e. The molecule has 3 atom stereocenters. The van der Waals surface area contributed by atoms with Gasteiger partial charge in [0, 0.05) is 6.04 Å². The highest BCUT2D eigenvalue weighted by Gasteiger charge is 2.55. The van der Waals surface area contributed by atoms with Crippen LogP contribution in [0, 0.1) is 11.7 Å². The Hall–Kier alpha value is -1.95. The molecule has 0 bridgehead atoms. The Morgan fingerprint density at radius 3 is 2.67 bits per heavy atom. The Morgan fingerprint density at radius 2 is 2.14 bits per heavy atom. The zero-order valence-corrected chi connectivity index (χ0v) is 12.2. The van der Waals surface area contributed by atoms with E-state index in [1.54, 1.807) is 24.9 Å². The van der Waals surface area contributed by atoms with Crippen molar-refractivity contribution in [3.05, 3.63) is 35.6 Å². The van der Waals surface area contributed by atoms with E-state index in [0.717, 1.165) is 0 Å². The SMILES string of the molecule is COC(=O)[C@]1(C)C[C@H](C(=O)O)[C@H](c2cccc(F)c2)N1C. The Labute approximate surface area is 122 Å². The van der Waals surface area contributed by atoms with Crippen LogP contribution in [0.3, 0.4) is 0 Å². The molecule has 6 heteroatoms. The van der Waals surface area contributed by atoms with Gasteiger partial charge in [-0.2, -0.15) is 0 Å². The predicted octanol–water partition coefficient (Wildman–Crippen LogP) is 1.83.